The number of ether oxygens (including phenoxy) is 1. The highest BCUT2D eigenvalue weighted by molar-refractivity contribution is 7.18. The minimum absolute atomic E-state index is 0.00319. The maximum Gasteiger partial charge on any atom is 0.308 e. The molecule has 0 fully saturated rings. The van der Waals surface area contributed by atoms with Gasteiger partial charge in [-0.15, -0.1) is 11.3 Å². The number of likely N-dealkylation sites (N-methyl/N-ethyl adjacent to an activating group) is 1. The van der Waals surface area contributed by atoms with E-state index in [-0.39, 0.29) is 31.0 Å². The summed E-state index contributed by atoms with van der Waals surface area (Å²) in [4.78, 5) is 44.2. The van der Waals surface area contributed by atoms with Crippen LogP contribution in [0.5, 0.6) is 0 Å². The van der Waals surface area contributed by atoms with Crippen LogP contribution in [0.2, 0.25) is 0 Å². The second-order valence-corrected chi connectivity index (χ2v) is 8.48. The van der Waals surface area contributed by atoms with Crippen molar-refractivity contribution in [1.29, 1.82) is 0 Å². The zero-order valence-corrected chi connectivity index (χ0v) is 17.6. The highest BCUT2D eigenvalue weighted by Gasteiger charge is 2.15. The first-order chi connectivity index (χ1) is 13.4. The number of carbonyl (C=O) groups is 2. The SMILES string of the molecule is Cc1sc2ncn(CCC(=O)OCC(=O)N(C)Cc3ccsc3)c(=O)c2c1C. The van der Waals surface area contributed by atoms with Gasteiger partial charge in [0.2, 0.25) is 0 Å². The molecule has 3 heterocycles. The first-order valence-electron chi connectivity index (χ1n) is 8.72. The van der Waals surface area contributed by atoms with Crippen LogP contribution in [0.4, 0.5) is 0 Å². The number of fused-ring (bicyclic) bond motifs is 1. The lowest BCUT2D eigenvalue weighted by molar-refractivity contribution is -0.151. The number of carbonyl (C=O) groups excluding carboxylic acids is 2. The maximum absolute atomic E-state index is 12.6. The van der Waals surface area contributed by atoms with E-state index < -0.39 is 5.97 Å². The largest absolute Gasteiger partial charge is 0.456 e. The van der Waals surface area contributed by atoms with Crippen molar-refractivity contribution in [3.63, 3.8) is 0 Å². The van der Waals surface area contributed by atoms with Crippen molar-refractivity contribution < 1.29 is 14.3 Å². The topological polar surface area (TPSA) is 81.5 Å². The van der Waals surface area contributed by atoms with Crippen LogP contribution < -0.4 is 5.56 Å². The molecule has 0 bridgehead atoms. The first-order valence-corrected chi connectivity index (χ1v) is 10.5. The molecule has 0 radical (unpaired) electrons. The zero-order valence-electron chi connectivity index (χ0n) is 15.9. The molecule has 9 heteroatoms. The van der Waals surface area contributed by atoms with E-state index in [1.165, 1.54) is 27.1 Å². The van der Waals surface area contributed by atoms with Crippen molar-refractivity contribution in [3.05, 3.63) is 49.5 Å². The Balaban J connectivity index is 1.52. The minimum Gasteiger partial charge on any atom is -0.456 e. The first kappa shape index (κ1) is 20.2. The number of nitrogens with zero attached hydrogens (tertiary/aromatic N) is 3. The molecule has 0 N–H and O–H groups in total. The summed E-state index contributed by atoms with van der Waals surface area (Å²) in [6.45, 7) is 4.17. The molecule has 28 heavy (non-hydrogen) atoms. The Bertz CT molecular complexity index is 1050. The fraction of sp³-hybridized carbons (Fsp3) is 0.368. The minimum atomic E-state index is -0.525. The lowest BCUT2D eigenvalue weighted by atomic mass is 10.2. The van der Waals surface area contributed by atoms with Crippen molar-refractivity contribution in [1.82, 2.24) is 14.5 Å². The number of rotatable bonds is 7. The van der Waals surface area contributed by atoms with Crippen molar-refractivity contribution in [3.8, 4) is 0 Å². The zero-order chi connectivity index (χ0) is 20.3. The number of aromatic nitrogens is 2. The standard InChI is InChI=1S/C19H21N3O4S2/c1-12-13(2)28-18-17(12)19(25)22(11-20-18)6-4-16(24)26-9-15(23)21(3)8-14-5-7-27-10-14/h5,7,10-11H,4,6,8-9H2,1-3H3. The summed E-state index contributed by atoms with van der Waals surface area (Å²) in [5.41, 5.74) is 1.80. The number of hydrogen-bond acceptors (Lipinski definition) is 7. The molecule has 0 atom stereocenters. The van der Waals surface area contributed by atoms with Gasteiger partial charge < -0.3 is 9.64 Å². The van der Waals surface area contributed by atoms with Crippen molar-refractivity contribution in [2.24, 2.45) is 0 Å². The quantitative estimate of drug-likeness (QED) is 0.550. The van der Waals surface area contributed by atoms with Gasteiger partial charge in [0, 0.05) is 25.0 Å². The van der Waals surface area contributed by atoms with Crippen LogP contribution in [-0.4, -0.2) is 40.0 Å². The molecule has 3 aromatic rings. The molecule has 7 nitrogen and oxygen atoms in total. The Kier molecular flexibility index (Phi) is 6.25. The summed E-state index contributed by atoms with van der Waals surface area (Å²) < 4.78 is 6.47. The summed E-state index contributed by atoms with van der Waals surface area (Å²) in [5, 5.41) is 4.51. The molecule has 3 rings (SSSR count). The van der Waals surface area contributed by atoms with E-state index in [0.29, 0.717) is 16.8 Å². The Labute approximate surface area is 170 Å². The lowest BCUT2D eigenvalue weighted by Gasteiger charge is -2.16. The van der Waals surface area contributed by atoms with Crippen LogP contribution in [-0.2, 0) is 27.4 Å². The van der Waals surface area contributed by atoms with Crippen LogP contribution in [0, 0.1) is 13.8 Å². The molecule has 1 amide bonds. The smallest absolute Gasteiger partial charge is 0.308 e. The molecule has 0 saturated heterocycles. The van der Waals surface area contributed by atoms with Crippen molar-refractivity contribution in [2.75, 3.05) is 13.7 Å². The molecule has 0 aromatic carbocycles. The van der Waals surface area contributed by atoms with E-state index in [0.717, 1.165) is 16.0 Å². The van der Waals surface area contributed by atoms with Gasteiger partial charge in [-0.1, -0.05) is 0 Å². The molecule has 148 valence electrons. The number of aryl methyl sites for hydroxylation is 3. The van der Waals surface area contributed by atoms with Crippen LogP contribution in [0.25, 0.3) is 10.2 Å². The highest BCUT2D eigenvalue weighted by atomic mass is 32.1. The third kappa shape index (κ3) is 4.48. The Hall–Kier alpha value is -2.52. The van der Waals surface area contributed by atoms with Gasteiger partial charge in [0.1, 0.15) is 4.83 Å². The fourth-order valence-electron chi connectivity index (χ4n) is 2.71. The van der Waals surface area contributed by atoms with Gasteiger partial charge in [-0.25, -0.2) is 4.98 Å². The molecule has 0 unspecified atom stereocenters. The Morgan fingerprint density at radius 1 is 1.32 bits per heavy atom. The number of esters is 1. The van der Waals surface area contributed by atoms with Gasteiger partial charge in [0.05, 0.1) is 18.1 Å². The molecule has 0 saturated carbocycles. The number of thiophene rings is 2. The van der Waals surface area contributed by atoms with E-state index in [4.69, 9.17) is 4.74 Å². The molecular weight excluding hydrogens is 398 g/mol. The van der Waals surface area contributed by atoms with Gasteiger partial charge in [0.15, 0.2) is 6.61 Å². The second kappa shape index (κ2) is 8.66. The van der Waals surface area contributed by atoms with Crippen LogP contribution in [0.15, 0.2) is 27.9 Å². The van der Waals surface area contributed by atoms with E-state index in [1.807, 2.05) is 30.7 Å². The Morgan fingerprint density at radius 2 is 2.11 bits per heavy atom. The summed E-state index contributed by atoms with van der Waals surface area (Å²) in [6.07, 6.45) is 1.45. The highest BCUT2D eigenvalue weighted by Crippen LogP contribution is 2.25. The van der Waals surface area contributed by atoms with Gasteiger partial charge in [0.25, 0.3) is 11.5 Å². The van der Waals surface area contributed by atoms with Gasteiger partial charge in [-0.05, 0) is 41.8 Å². The van der Waals surface area contributed by atoms with E-state index in [2.05, 4.69) is 4.98 Å². The van der Waals surface area contributed by atoms with Crippen LogP contribution in [0.3, 0.4) is 0 Å². The predicted molar refractivity (Wildman–Crippen MR) is 110 cm³/mol. The average molecular weight is 420 g/mol. The number of amides is 1. The average Bonchev–Trinajstić information content (AvgIpc) is 3.27. The van der Waals surface area contributed by atoms with Gasteiger partial charge in [-0.2, -0.15) is 11.3 Å². The monoisotopic (exact) mass is 419 g/mol. The summed E-state index contributed by atoms with van der Waals surface area (Å²) in [6, 6.07) is 1.94. The van der Waals surface area contributed by atoms with Crippen molar-refractivity contribution >= 4 is 44.8 Å². The molecule has 3 aromatic heterocycles. The third-order valence-electron chi connectivity index (χ3n) is 4.49. The van der Waals surface area contributed by atoms with Crippen LogP contribution >= 0.6 is 22.7 Å². The molecule has 0 aliphatic rings. The summed E-state index contributed by atoms with van der Waals surface area (Å²) in [5.74, 6) is -0.799. The van der Waals surface area contributed by atoms with Gasteiger partial charge >= 0.3 is 5.97 Å². The summed E-state index contributed by atoms with van der Waals surface area (Å²) in [7, 11) is 1.67. The molecule has 0 aliphatic carbocycles. The third-order valence-corrected chi connectivity index (χ3v) is 6.34. The van der Waals surface area contributed by atoms with E-state index >= 15 is 0 Å². The Morgan fingerprint density at radius 3 is 2.82 bits per heavy atom. The second-order valence-electron chi connectivity index (χ2n) is 6.50. The summed E-state index contributed by atoms with van der Waals surface area (Å²) >= 11 is 3.05. The number of hydrogen-bond donors (Lipinski definition) is 0. The fourth-order valence-corrected chi connectivity index (χ4v) is 4.36. The predicted octanol–water partition coefficient (Wildman–Crippen LogP) is 2.73. The van der Waals surface area contributed by atoms with Crippen molar-refractivity contribution in [2.45, 2.75) is 33.4 Å². The van der Waals surface area contributed by atoms with E-state index in [9.17, 15) is 14.4 Å². The molecular formula is C19H21N3O4S2. The molecule has 0 aliphatic heterocycles. The lowest BCUT2D eigenvalue weighted by Crippen LogP contribution is -2.31. The normalized spacial score (nSPS) is 11.0. The molecule has 0 spiro atoms. The van der Waals surface area contributed by atoms with E-state index in [1.54, 1.807) is 18.4 Å². The van der Waals surface area contributed by atoms with Crippen LogP contribution in [0.1, 0.15) is 22.4 Å². The maximum atomic E-state index is 12.6. The van der Waals surface area contributed by atoms with Gasteiger partial charge in [-0.3, -0.25) is 19.0 Å².